The van der Waals surface area contributed by atoms with E-state index in [0.29, 0.717) is 11.1 Å². The smallest absolute Gasteiger partial charge is 0.266 e. The van der Waals surface area contributed by atoms with E-state index in [1.165, 1.54) is 0 Å². The van der Waals surface area contributed by atoms with E-state index in [1.807, 2.05) is 0 Å². The fraction of sp³-hybridized carbons (Fsp3) is 0.0588. The lowest BCUT2D eigenvalue weighted by Crippen LogP contribution is -2.29. The van der Waals surface area contributed by atoms with Crippen molar-refractivity contribution in [3.05, 3.63) is 70.8 Å². The van der Waals surface area contributed by atoms with Gasteiger partial charge in [-0.1, -0.05) is 30.2 Å². The lowest BCUT2D eigenvalue weighted by atomic mass is 10.1. The standard InChI is InChI=1S/C17H11NO3/c1-2-12-7-9-13(10-8-12)11-21-18-16(19)14-5-3-4-6-15(14)17(18)20/h1,3-10H,11H2. The minimum absolute atomic E-state index is 0.121. The number of amides is 2. The van der Waals surface area contributed by atoms with Gasteiger partial charge in [-0.15, -0.1) is 11.5 Å². The Morgan fingerprint density at radius 3 is 2.05 bits per heavy atom. The Kier molecular flexibility index (Phi) is 3.27. The largest absolute Gasteiger partial charge is 0.285 e. The summed E-state index contributed by atoms with van der Waals surface area (Å²) in [6.07, 6.45) is 5.28. The molecule has 102 valence electrons. The van der Waals surface area contributed by atoms with Crippen LogP contribution in [0.3, 0.4) is 0 Å². The average Bonchev–Trinajstić information content (AvgIpc) is 2.78. The van der Waals surface area contributed by atoms with Gasteiger partial charge in [-0.2, -0.15) is 0 Å². The van der Waals surface area contributed by atoms with E-state index in [4.69, 9.17) is 11.3 Å². The highest BCUT2D eigenvalue weighted by Gasteiger charge is 2.36. The number of benzene rings is 2. The fourth-order valence-electron chi connectivity index (χ4n) is 2.12. The molecule has 0 bridgehead atoms. The van der Waals surface area contributed by atoms with Gasteiger partial charge >= 0.3 is 0 Å². The predicted octanol–water partition coefficient (Wildman–Crippen LogP) is 2.40. The summed E-state index contributed by atoms with van der Waals surface area (Å²) >= 11 is 0. The monoisotopic (exact) mass is 277 g/mol. The Balaban J connectivity index is 1.73. The SMILES string of the molecule is C#Cc1ccc(CON2C(=O)c3ccccc3C2=O)cc1. The molecule has 2 amide bonds. The molecule has 4 nitrogen and oxygen atoms in total. The number of carbonyl (C=O) groups is 2. The van der Waals surface area contributed by atoms with Gasteiger partial charge < -0.3 is 0 Å². The van der Waals surface area contributed by atoms with E-state index >= 15 is 0 Å². The van der Waals surface area contributed by atoms with Gasteiger partial charge in [0.15, 0.2) is 0 Å². The highest BCUT2D eigenvalue weighted by molar-refractivity contribution is 6.20. The molecule has 0 saturated carbocycles. The maximum Gasteiger partial charge on any atom is 0.285 e. The van der Waals surface area contributed by atoms with Crippen molar-refractivity contribution in [3.63, 3.8) is 0 Å². The molecule has 0 aromatic heterocycles. The van der Waals surface area contributed by atoms with Crippen molar-refractivity contribution in [2.24, 2.45) is 0 Å². The molecule has 21 heavy (non-hydrogen) atoms. The van der Waals surface area contributed by atoms with Crippen molar-refractivity contribution in [1.29, 1.82) is 0 Å². The van der Waals surface area contributed by atoms with Crippen molar-refractivity contribution in [2.75, 3.05) is 0 Å². The van der Waals surface area contributed by atoms with Crippen LogP contribution in [0.1, 0.15) is 31.8 Å². The Labute approximate surface area is 121 Å². The molecular formula is C17H11NO3. The minimum Gasteiger partial charge on any atom is -0.266 e. The van der Waals surface area contributed by atoms with E-state index in [9.17, 15) is 9.59 Å². The van der Waals surface area contributed by atoms with Crippen LogP contribution in [-0.2, 0) is 11.4 Å². The van der Waals surface area contributed by atoms with Gasteiger partial charge in [0.25, 0.3) is 11.8 Å². The van der Waals surface area contributed by atoms with Crippen molar-refractivity contribution in [2.45, 2.75) is 6.61 Å². The zero-order valence-electron chi connectivity index (χ0n) is 11.1. The highest BCUT2D eigenvalue weighted by atomic mass is 16.7. The lowest BCUT2D eigenvalue weighted by Gasteiger charge is -2.13. The van der Waals surface area contributed by atoms with Gasteiger partial charge in [-0.3, -0.25) is 14.4 Å². The second-order valence-corrected chi connectivity index (χ2v) is 4.56. The molecule has 1 heterocycles. The molecule has 3 rings (SSSR count). The van der Waals surface area contributed by atoms with Crippen LogP contribution in [0.25, 0.3) is 0 Å². The van der Waals surface area contributed by atoms with Crippen LogP contribution in [0, 0.1) is 12.3 Å². The highest BCUT2D eigenvalue weighted by Crippen LogP contribution is 2.23. The van der Waals surface area contributed by atoms with Gasteiger partial charge in [-0.25, -0.2) is 0 Å². The summed E-state index contributed by atoms with van der Waals surface area (Å²) in [4.78, 5) is 29.5. The molecule has 0 atom stereocenters. The molecule has 0 fully saturated rings. The van der Waals surface area contributed by atoms with Crippen LogP contribution >= 0.6 is 0 Å². The van der Waals surface area contributed by atoms with E-state index in [0.717, 1.165) is 16.2 Å². The van der Waals surface area contributed by atoms with Crippen LogP contribution in [0.15, 0.2) is 48.5 Å². The molecule has 2 aromatic rings. The second kappa shape index (κ2) is 5.23. The summed E-state index contributed by atoms with van der Waals surface area (Å²) in [7, 11) is 0. The molecule has 1 aliphatic rings. The molecule has 0 N–H and O–H groups in total. The van der Waals surface area contributed by atoms with Crippen molar-refractivity contribution in [3.8, 4) is 12.3 Å². The first-order valence-electron chi connectivity index (χ1n) is 6.37. The zero-order valence-corrected chi connectivity index (χ0v) is 11.1. The van der Waals surface area contributed by atoms with Gasteiger partial charge in [0, 0.05) is 5.56 Å². The number of imide groups is 1. The number of hydrogen-bond donors (Lipinski definition) is 0. The molecule has 4 heteroatoms. The summed E-state index contributed by atoms with van der Waals surface area (Å²) in [5, 5.41) is 0.805. The second-order valence-electron chi connectivity index (χ2n) is 4.56. The fourth-order valence-corrected chi connectivity index (χ4v) is 2.12. The first-order valence-corrected chi connectivity index (χ1v) is 6.37. The van der Waals surface area contributed by atoms with Crippen molar-refractivity contribution in [1.82, 2.24) is 5.06 Å². The summed E-state index contributed by atoms with van der Waals surface area (Å²) in [5.41, 5.74) is 2.32. The normalized spacial score (nSPS) is 13.2. The van der Waals surface area contributed by atoms with E-state index < -0.39 is 11.8 Å². The van der Waals surface area contributed by atoms with E-state index in [-0.39, 0.29) is 6.61 Å². The molecule has 0 aliphatic carbocycles. The number of carbonyl (C=O) groups excluding carboxylic acids is 2. The minimum atomic E-state index is -0.434. The third-order valence-corrected chi connectivity index (χ3v) is 3.24. The predicted molar refractivity (Wildman–Crippen MR) is 76.1 cm³/mol. The van der Waals surface area contributed by atoms with Gasteiger partial charge in [0.1, 0.15) is 6.61 Å². The van der Waals surface area contributed by atoms with Crippen LogP contribution < -0.4 is 0 Å². The van der Waals surface area contributed by atoms with Crippen LogP contribution in [0.4, 0.5) is 0 Å². The van der Waals surface area contributed by atoms with Gasteiger partial charge in [0.2, 0.25) is 0 Å². The third kappa shape index (κ3) is 2.31. The van der Waals surface area contributed by atoms with Gasteiger partial charge in [0.05, 0.1) is 11.1 Å². The Bertz CT molecular complexity index is 721. The molecule has 0 radical (unpaired) electrons. The first kappa shape index (κ1) is 13.1. The Hall–Kier alpha value is -2.90. The zero-order chi connectivity index (χ0) is 14.8. The number of rotatable bonds is 3. The Morgan fingerprint density at radius 2 is 1.52 bits per heavy atom. The number of hydroxylamine groups is 2. The van der Waals surface area contributed by atoms with Crippen molar-refractivity contribution >= 4 is 11.8 Å². The van der Waals surface area contributed by atoms with Crippen molar-refractivity contribution < 1.29 is 14.4 Å². The quantitative estimate of drug-likeness (QED) is 0.639. The Morgan fingerprint density at radius 1 is 0.952 bits per heavy atom. The number of fused-ring (bicyclic) bond motifs is 1. The maximum atomic E-state index is 12.1. The third-order valence-electron chi connectivity index (χ3n) is 3.24. The number of terminal acetylenes is 1. The van der Waals surface area contributed by atoms with Crippen LogP contribution in [-0.4, -0.2) is 16.9 Å². The van der Waals surface area contributed by atoms with Crippen LogP contribution in [0.5, 0.6) is 0 Å². The van der Waals surface area contributed by atoms with E-state index in [2.05, 4.69) is 5.92 Å². The van der Waals surface area contributed by atoms with E-state index in [1.54, 1.807) is 48.5 Å². The molecule has 1 aliphatic heterocycles. The summed E-state index contributed by atoms with van der Waals surface area (Å²) in [5.74, 6) is 1.65. The average molecular weight is 277 g/mol. The number of hydrogen-bond acceptors (Lipinski definition) is 3. The summed E-state index contributed by atoms with van der Waals surface area (Å²) < 4.78 is 0. The summed E-state index contributed by atoms with van der Waals surface area (Å²) in [6, 6.07) is 13.8. The molecule has 2 aromatic carbocycles. The van der Waals surface area contributed by atoms with Gasteiger partial charge in [-0.05, 0) is 29.8 Å². The number of nitrogens with zero attached hydrogens (tertiary/aromatic N) is 1. The summed E-state index contributed by atoms with van der Waals surface area (Å²) in [6.45, 7) is 0.121. The molecule has 0 spiro atoms. The molecular weight excluding hydrogens is 266 g/mol. The van der Waals surface area contributed by atoms with Crippen LogP contribution in [0.2, 0.25) is 0 Å². The molecule has 0 unspecified atom stereocenters. The lowest BCUT2D eigenvalue weighted by molar-refractivity contribution is -0.101. The topological polar surface area (TPSA) is 46.6 Å². The molecule has 0 saturated heterocycles. The maximum absolute atomic E-state index is 12.1. The first-order chi connectivity index (χ1) is 10.2.